The van der Waals surface area contributed by atoms with Crippen LogP contribution in [0.4, 0.5) is 0 Å². The Hall–Kier alpha value is -3.34. The lowest BCUT2D eigenvalue weighted by Gasteiger charge is -2.32. The molecule has 1 aliphatic rings. The number of allylic oxidation sites excluding steroid dienone is 2. The van der Waals surface area contributed by atoms with E-state index in [2.05, 4.69) is 0 Å². The highest BCUT2D eigenvalue weighted by Gasteiger charge is 2.49. The number of hydrogen-bond acceptors (Lipinski definition) is 4. The number of rotatable bonds is 7. The maximum atomic E-state index is 13.3. The molecule has 0 fully saturated rings. The molecule has 0 spiro atoms. The number of benzene rings is 3. The predicted molar refractivity (Wildman–Crippen MR) is 144 cm³/mol. The van der Waals surface area contributed by atoms with E-state index in [0.717, 1.165) is 33.4 Å². The first-order valence-corrected chi connectivity index (χ1v) is 12.5. The Labute approximate surface area is 221 Å². The highest BCUT2D eigenvalue weighted by atomic mass is 35.5. The van der Waals surface area contributed by atoms with Crippen molar-refractivity contribution in [3.63, 3.8) is 0 Å². The van der Waals surface area contributed by atoms with Gasteiger partial charge in [-0.3, -0.25) is 9.59 Å². The average Bonchev–Trinajstić information content (AvgIpc) is 2.88. The maximum Gasteiger partial charge on any atom is 0.327 e. The minimum atomic E-state index is -1.59. The quantitative estimate of drug-likeness (QED) is 0.244. The van der Waals surface area contributed by atoms with Crippen molar-refractivity contribution in [1.82, 2.24) is 0 Å². The third-order valence-electron chi connectivity index (χ3n) is 6.09. The molecule has 4 nitrogen and oxygen atoms in total. The second-order valence-electron chi connectivity index (χ2n) is 8.42. The Morgan fingerprint density at radius 1 is 0.806 bits per heavy atom. The van der Waals surface area contributed by atoms with Crippen molar-refractivity contribution in [1.29, 1.82) is 0 Å². The van der Waals surface area contributed by atoms with Crippen LogP contribution < -0.4 is 0 Å². The second kappa shape index (κ2) is 11.2. The van der Waals surface area contributed by atoms with Crippen molar-refractivity contribution in [2.24, 2.45) is 5.41 Å². The molecule has 184 valence electrons. The normalized spacial score (nSPS) is 13.7. The summed E-state index contributed by atoms with van der Waals surface area (Å²) in [7, 11) is 0. The van der Waals surface area contributed by atoms with E-state index in [0.29, 0.717) is 10.0 Å². The van der Waals surface area contributed by atoms with Gasteiger partial charge in [-0.2, -0.15) is 0 Å². The zero-order valence-electron chi connectivity index (χ0n) is 20.1. The van der Waals surface area contributed by atoms with Crippen molar-refractivity contribution in [3.8, 4) is 0 Å². The number of carbonyl (C=O) groups excluding carboxylic acids is 2. The molecular weight excluding hydrogens is 495 g/mol. The number of halogens is 2. The molecule has 0 bridgehead atoms. The van der Waals surface area contributed by atoms with E-state index in [4.69, 9.17) is 32.7 Å². The number of fused-ring (bicyclic) bond motifs is 1. The van der Waals surface area contributed by atoms with E-state index in [1.54, 1.807) is 19.9 Å². The van der Waals surface area contributed by atoms with Crippen LogP contribution >= 0.6 is 23.2 Å². The van der Waals surface area contributed by atoms with Crippen LogP contribution in [0.1, 0.15) is 36.1 Å². The highest BCUT2D eigenvalue weighted by molar-refractivity contribution is 6.31. The fourth-order valence-corrected chi connectivity index (χ4v) is 4.64. The molecule has 3 aromatic rings. The SMILES string of the molecule is CCOC(=O)C1(C(=O)OCC)C=C(C=C(c2ccc(Cl)cc2)c2ccc(Cl)cc2)c2ccccc2C1. The molecule has 0 N–H and O–H groups in total. The number of hydrogen-bond donors (Lipinski definition) is 0. The van der Waals surface area contributed by atoms with Gasteiger partial charge in [-0.1, -0.05) is 71.7 Å². The molecule has 0 aromatic heterocycles. The molecule has 0 unspecified atom stereocenters. The largest absolute Gasteiger partial charge is 0.465 e. The van der Waals surface area contributed by atoms with Gasteiger partial charge in [0.05, 0.1) is 13.2 Å². The Bertz CT molecular complexity index is 1260. The summed E-state index contributed by atoms with van der Waals surface area (Å²) in [5.74, 6) is -1.24. The van der Waals surface area contributed by atoms with Gasteiger partial charge in [-0.05, 0) is 83.7 Å². The number of esters is 2. The first-order chi connectivity index (χ1) is 17.4. The van der Waals surface area contributed by atoms with Gasteiger partial charge in [0.1, 0.15) is 0 Å². The number of carbonyl (C=O) groups is 2. The molecule has 3 aromatic carbocycles. The van der Waals surface area contributed by atoms with E-state index in [1.165, 1.54) is 0 Å². The monoisotopic (exact) mass is 520 g/mol. The smallest absolute Gasteiger partial charge is 0.327 e. The molecule has 0 radical (unpaired) electrons. The van der Waals surface area contributed by atoms with E-state index < -0.39 is 17.4 Å². The minimum absolute atomic E-state index is 0.154. The van der Waals surface area contributed by atoms with Crippen molar-refractivity contribution in [2.75, 3.05) is 13.2 Å². The number of ether oxygens (including phenoxy) is 2. The fourth-order valence-electron chi connectivity index (χ4n) is 4.38. The van der Waals surface area contributed by atoms with E-state index in [1.807, 2.05) is 78.9 Å². The first-order valence-electron chi connectivity index (χ1n) is 11.8. The summed E-state index contributed by atoms with van der Waals surface area (Å²) in [4.78, 5) is 26.5. The van der Waals surface area contributed by atoms with Gasteiger partial charge in [-0.15, -0.1) is 0 Å². The van der Waals surface area contributed by atoms with Crippen molar-refractivity contribution in [3.05, 3.63) is 117 Å². The molecule has 0 aliphatic heterocycles. The molecule has 6 heteroatoms. The Balaban J connectivity index is 1.97. The van der Waals surface area contributed by atoms with Gasteiger partial charge >= 0.3 is 11.9 Å². The second-order valence-corrected chi connectivity index (χ2v) is 9.29. The lowest BCUT2D eigenvalue weighted by molar-refractivity contribution is -0.168. The summed E-state index contributed by atoms with van der Waals surface area (Å²) in [6, 6.07) is 22.8. The maximum absolute atomic E-state index is 13.3. The third kappa shape index (κ3) is 5.25. The standard InChI is InChI=1S/C30H26Cl2O4/c1-3-35-28(33)30(29(34)36-4-2)18-22-7-5-6-8-26(22)23(19-30)17-27(20-9-13-24(31)14-10-20)21-11-15-25(32)16-12-21/h5-17,19H,3-4,18H2,1-2H3. The van der Waals surface area contributed by atoms with Crippen molar-refractivity contribution < 1.29 is 19.1 Å². The topological polar surface area (TPSA) is 52.6 Å². The van der Waals surface area contributed by atoms with Crippen LogP contribution in [-0.4, -0.2) is 25.2 Å². The van der Waals surface area contributed by atoms with Crippen LogP contribution in [0, 0.1) is 5.41 Å². The third-order valence-corrected chi connectivity index (χ3v) is 6.59. The zero-order valence-corrected chi connectivity index (χ0v) is 21.6. The molecule has 0 saturated carbocycles. The molecule has 0 heterocycles. The first kappa shape index (κ1) is 25.7. The minimum Gasteiger partial charge on any atom is -0.465 e. The predicted octanol–water partition coefficient (Wildman–Crippen LogP) is 7.18. The van der Waals surface area contributed by atoms with Crippen LogP contribution in [0.3, 0.4) is 0 Å². The van der Waals surface area contributed by atoms with Crippen LogP contribution in [-0.2, 0) is 25.5 Å². The molecular formula is C30H26Cl2O4. The Morgan fingerprint density at radius 2 is 1.31 bits per heavy atom. The highest BCUT2D eigenvalue weighted by Crippen LogP contribution is 2.41. The summed E-state index contributed by atoms with van der Waals surface area (Å²) in [5, 5.41) is 1.25. The lowest BCUT2D eigenvalue weighted by Crippen LogP contribution is -2.44. The van der Waals surface area contributed by atoms with Gasteiger partial charge in [0.25, 0.3) is 0 Å². The summed E-state index contributed by atoms with van der Waals surface area (Å²) in [6.07, 6.45) is 3.84. The Kier molecular flexibility index (Phi) is 7.97. The van der Waals surface area contributed by atoms with Crippen molar-refractivity contribution >= 4 is 46.3 Å². The van der Waals surface area contributed by atoms with Crippen LogP contribution in [0.15, 0.2) is 84.9 Å². The van der Waals surface area contributed by atoms with E-state index in [-0.39, 0.29) is 19.6 Å². The van der Waals surface area contributed by atoms with Gasteiger partial charge in [0, 0.05) is 16.5 Å². The van der Waals surface area contributed by atoms with Crippen LogP contribution in [0.2, 0.25) is 10.0 Å². The summed E-state index contributed by atoms with van der Waals surface area (Å²) in [6.45, 7) is 3.75. The van der Waals surface area contributed by atoms with Crippen LogP contribution in [0.25, 0.3) is 11.1 Å². The fraction of sp³-hybridized carbons (Fsp3) is 0.200. The summed E-state index contributed by atoms with van der Waals surface area (Å²) < 4.78 is 10.8. The average molecular weight is 521 g/mol. The molecule has 0 atom stereocenters. The summed E-state index contributed by atoms with van der Waals surface area (Å²) in [5.41, 5.74) is 3.65. The molecule has 4 rings (SSSR count). The van der Waals surface area contributed by atoms with Crippen LogP contribution in [0.5, 0.6) is 0 Å². The van der Waals surface area contributed by atoms with E-state index in [9.17, 15) is 9.59 Å². The zero-order chi connectivity index (χ0) is 25.7. The Morgan fingerprint density at radius 3 is 1.81 bits per heavy atom. The molecule has 1 aliphatic carbocycles. The molecule has 0 amide bonds. The molecule has 36 heavy (non-hydrogen) atoms. The van der Waals surface area contributed by atoms with Gasteiger partial charge in [0.15, 0.2) is 5.41 Å². The van der Waals surface area contributed by atoms with Gasteiger partial charge < -0.3 is 9.47 Å². The lowest BCUT2D eigenvalue weighted by atomic mass is 9.72. The van der Waals surface area contributed by atoms with E-state index >= 15 is 0 Å². The van der Waals surface area contributed by atoms with Gasteiger partial charge in [0.2, 0.25) is 0 Å². The van der Waals surface area contributed by atoms with Gasteiger partial charge in [-0.25, -0.2) is 0 Å². The molecule has 0 saturated heterocycles. The van der Waals surface area contributed by atoms with Crippen molar-refractivity contribution in [2.45, 2.75) is 20.3 Å². The summed E-state index contributed by atoms with van der Waals surface area (Å²) >= 11 is 12.3.